The maximum absolute atomic E-state index is 2.56. The summed E-state index contributed by atoms with van der Waals surface area (Å²) in [6.07, 6.45) is 0. The zero-order chi connectivity index (χ0) is 30.9. The summed E-state index contributed by atoms with van der Waals surface area (Å²) in [6.45, 7) is 47.8. The van der Waals surface area contributed by atoms with Crippen LogP contribution in [0, 0.1) is 0 Å². The van der Waals surface area contributed by atoms with Crippen LogP contribution in [-0.2, 0) is 37.9 Å². The van der Waals surface area contributed by atoms with E-state index < -0.39 is 0 Å². The van der Waals surface area contributed by atoms with E-state index in [1.807, 2.05) is 0 Å². The smallest absolute Gasteiger partial charge is 0.0146 e. The normalized spacial score (nSPS) is 14.7. The lowest BCUT2D eigenvalue weighted by molar-refractivity contribution is 0.488. The van der Waals surface area contributed by atoms with Gasteiger partial charge in [-0.1, -0.05) is 163 Å². The molecule has 0 saturated heterocycles. The van der Waals surface area contributed by atoms with Gasteiger partial charge in [0.15, 0.2) is 0 Å². The summed E-state index contributed by atoms with van der Waals surface area (Å²) in [6, 6.07) is 10.2. The lowest BCUT2D eigenvalue weighted by Gasteiger charge is -2.41. The van der Waals surface area contributed by atoms with Gasteiger partial charge in [0.05, 0.1) is 0 Å². The van der Waals surface area contributed by atoms with Crippen molar-refractivity contribution in [3.8, 4) is 0 Å². The predicted octanol–water partition coefficient (Wildman–Crippen LogP) is 11.8. The quantitative estimate of drug-likeness (QED) is 0.361. The minimum Gasteiger partial charge on any atom is -0.0561 e. The first-order valence-electron chi connectivity index (χ1n) is 15.3. The summed E-state index contributed by atoms with van der Waals surface area (Å²) in [4.78, 5) is 0. The van der Waals surface area contributed by atoms with E-state index in [9.17, 15) is 0 Å². The first-order valence-corrected chi connectivity index (χ1v) is 15.3. The first-order chi connectivity index (χ1) is 16.9. The van der Waals surface area contributed by atoms with Gasteiger partial charge in [0.25, 0.3) is 0 Å². The van der Waals surface area contributed by atoms with Crippen LogP contribution >= 0.6 is 0 Å². The van der Waals surface area contributed by atoms with Crippen LogP contribution < -0.4 is 0 Å². The number of benzene rings is 2. The van der Waals surface area contributed by atoms with Crippen molar-refractivity contribution in [2.45, 2.75) is 176 Å². The van der Waals surface area contributed by atoms with Crippen LogP contribution in [0.3, 0.4) is 0 Å². The Kier molecular flexibility index (Phi) is 8.43. The van der Waals surface area contributed by atoms with E-state index in [-0.39, 0.29) is 37.9 Å². The largest absolute Gasteiger partial charge is 0.0561 e. The number of rotatable bonds is 2. The molecule has 0 fully saturated rings. The monoisotopic (exact) mass is 533 g/mol. The highest BCUT2D eigenvalue weighted by Crippen LogP contribution is 2.47. The first kappa shape index (κ1) is 33.6. The fourth-order valence-electron chi connectivity index (χ4n) is 6.15. The molecular formula is C39H64. The van der Waals surface area contributed by atoms with Crippen molar-refractivity contribution in [2.75, 3.05) is 0 Å². The fourth-order valence-corrected chi connectivity index (χ4v) is 6.15. The molecule has 0 heterocycles. The Hall–Kier alpha value is -1.56. The van der Waals surface area contributed by atoms with Crippen LogP contribution in [0.4, 0.5) is 0 Å². The van der Waals surface area contributed by atoms with Crippen LogP contribution in [0.2, 0.25) is 0 Å². The molecule has 0 aliphatic heterocycles. The highest BCUT2D eigenvalue weighted by Gasteiger charge is 2.38. The molecule has 0 nitrogen and oxygen atoms in total. The van der Waals surface area contributed by atoms with Crippen molar-refractivity contribution in [3.63, 3.8) is 0 Å². The second kappa shape index (κ2) is 9.77. The zero-order valence-corrected chi connectivity index (χ0v) is 29.8. The molecule has 0 amide bonds. The topological polar surface area (TPSA) is 0 Å². The maximum Gasteiger partial charge on any atom is 0.0146 e. The minimum atomic E-state index is -0.146. The molecule has 39 heavy (non-hydrogen) atoms. The summed E-state index contributed by atoms with van der Waals surface area (Å²) >= 11 is 0. The van der Waals surface area contributed by atoms with Gasteiger partial charge in [-0.05, 0) is 77.0 Å². The lowest BCUT2D eigenvalue weighted by Crippen LogP contribution is -2.32. The fraction of sp³-hybridized carbons (Fsp3) is 0.692. The standard InChI is InChI=1S/C39H64/c1-33(2,3)27-21-25(22-28(34(4,5)6)31(27)37(13,14)15)39(19,20)26-23-29(35(7,8)9)32(38(16,17)18)30(24-26)36(10,11)12/h21-24H,1-20H3. The Morgan fingerprint density at radius 2 is 0.462 bits per heavy atom. The molecular weight excluding hydrogens is 468 g/mol. The molecule has 220 valence electrons. The van der Waals surface area contributed by atoms with Crippen LogP contribution in [0.5, 0.6) is 0 Å². The van der Waals surface area contributed by atoms with E-state index in [0.717, 1.165) is 0 Å². The van der Waals surface area contributed by atoms with Gasteiger partial charge in [-0.25, -0.2) is 0 Å². The van der Waals surface area contributed by atoms with Gasteiger partial charge in [-0.2, -0.15) is 0 Å². The van der Waals surface area contributed by atoms with E-state index in [1.165, 1.54) is 44.5 Å². The van der Waals surface area contributed by atoms with Gasteiger partial charge < -0.3 is 0 Å². The third kappa shape index (κ3) is 7.02. The van der Waals surface area contributed by atoms with Gasteiger partial charge >= 0.3 is 0 Å². The molecule has 2 aromatic rings. The second-order valence-electron chi connectivity index (χ2n) is 19.0. The van der Waals surface area contributed by atoms with Crippen molar-refractivity contribution in [1.82, 2.24) is 0 Å². The van der Waals surface area contributed by atoms with Gasteiger partial charge in [0.2, 0.25) is 0 Å². The third-order valence-corrected chi connectivity index (χ3v) is 8.45. The van der Waals surface area contributed by atoms with Gasteiger partial charge in [-0.3, -0.25) is 0 Å². The molecule has 2 rings (SSSR count). The average molecular weight is 533 g/mol. The summed E-state index contributed by atoms with van der Waals surface area (Å²) in [5.41, 5.74) is 12.1. The van der Waals surface area contributed by atoms with E-state index >= 15 is 0 Å². The molecule has 0 radical (unpaired) electrons. The molecule has 0 aromatic heterocycles. The van der Waals surface area contributed by atoms with Gasteiger partial charge in [0, 0.05) is 5.41 Å². The minimum absolute atomic E-state index is 0.0535. The maximum atomic E-state index is 2.56. The Balaban J connectivity index is 3.14. The lowest BCUT2D eigenvalue weighted by atomic mass is 9.63. The van der Waals surface area contributed by atoms with Crippen molar-refractivity contribution < 1.29 is 0 Å². The van der Waals surface area contributed by atoms with Crippen LogP contribution in [0.25, 0.3) is 0 Å². The number of hydrogen-bond donors (Lipinski definition) is 0. The molecule has 0 spiro atoms. The second-order valence-corrected chi connectivity index (χ2v) is 19.0. The molecule has 0 atom stereocenters. The van der Waals surface area contributed by atoms with Crippen molar-refractivity contribution >= 4 is 0 Å². The van der Waals surface area contributed by atoms with Crippen LogP contribution in [-0.4, -0.2) is 0 Å². The average Bonchev–Trinajstić information content (AvgIpc) is 2.67. The number of hydrogen-bond acceptors (Lipinski definition) is 0. The molecule has 0 bridgehead atoms. The molecule has 0 unspecified atom stereocenters. The van der Waals surface area contributed by atoms with Crippen molar-refractivity contribution in [2.24, 2.45) is 0 Å². The van der Waals surface area contributed by atoms with Crippen molar-refractivity contribution in [3.05, 3.63) is 68.8 Å². The molecule has 2 aromatic carbocycles. The molecule has 0 aliphatic rings. The molecule has 0 aliphatic carbocycles. The van der Waals surface area contributed by atoms with Gasteiger partial charge in [0.1, 0.15) is 0 Å². The Morgan fingerprint density at radius 3 is 0.590 bits per heavy atom. The highest BCUT2D eigenvalue weighted by atomic mass is 14.4. The third-order valence-electron chi connectivity index (χ3n) is 8.45. The van der Waals surface area contributed by atoms with Crippen LogP contribution in [0.15, 0.2) is 24.3 Å². The summed E-state index contributed by atoms with van der Waals surface area (Å²) in [5.74, 6) is 0. The Bertz CT molecular complexity index is 1020. The highest BCUT2D eigenvalue weighted by molar-refractivity contribution is 5.56. The van der Waals surface area contributed by atoms with Gasteiger partial charge in [-0.15, -0.1) is 0 Å². The van der Waals surface area contributed by atoms with E-state index in [0.29, 0.717) is 0 Å². The molecule has 0 N–H and O–H groups in total. The van der Waals surface area contributed by atoms with E-state index in [1.54, 1.807) is 0 Å². The summed E-state index contributed by atoms with van der Waals surface area (Å²) in [7, 11) is 0. The Labute approximate surface area is 244 Å². The summed E-state index contributed by atoms with van der Waals surface area (Å²) < 4.78 is 0. The van der Waals surface area contributed by atoms with E-state index in [2.05, 4.69) is 163 Å². The molecule has 0 heteroatoms. The van der Waals surface area contributed by atoms with Crippen molar-refractivity contribution in [1.29, 1.82) is 0 Å². The molecule has 0 saturated carbocycles. The predicted molar refractivity (Wildman–Crippen MR) is 177 cm³/mol. The zero-order valence-electron chi connectivity index (χ0n) is 29.8. The van der Waals surface area contributed by atoms with Crippen LogP contribution in [0.1, 0.15) is 183 Å². The van der Waals surface area contributed by atoms with E-state index in [4.69, 9.17) is 0 Å². The summed E-state index contributed by atoms with van der Waals surface area (Å²) in [5, 5.41) is 0. The Morgan fingerprint density at radius 1 is 0.282 bits per heavy atom. The SMILES string of the molecule is CC(C)(C)c1cc(C(C)(C)c2cc(C(C)(C)C)c(C(C)(C)C)c(C(C)(C)C)c2)cc(C(C)(C)C)c1C(C)(C)C.